The van der Waals surface area contributed by atoms with Gasteiger partial charge in [-0.3, -0.25) is 0 Å². The molecular weight excluding hydrogens is 296 g/mol. The van der Waals surface area contributed by atoms with Gasteiger partial charge in [0, 0.05) is 10.9 Å². The number of rotatable bonds is 5. The van der Waals surface area contributed by atoms with E-state index in [1.54, 1.807) is 0 Å². The summed E-state index contributed by atoms with van der Waals surface area (Å²) < 4.78 is 7.39. The van der Waals surface area contributed by atoms with Crippen LogP contribution in [0.1, 0.15) is 32.1 Å². The Morgan fingerprint density at radius 3 is 2.67 bits per heavy atom. The van der Waals surface area contributed by atoms with Crippen LogP contribution in [0.3, 0.4) is 0 Å². The number of hydrogen-bond acceptors (Lipinski definition) is 3. The first-order valence-electron chi connectivity index (χ1n) is 6.05. The van der Waals surface area contributed by atoms with E-state index < -0.39 is 5.76 Å². The van der Waals surface area contributed by atoms with E-state index in [1.165, 1.54) is 4.68 Å². The molecule has 4 nitrogen and oxygen atoms in total. The number of unbranched alkanes of at least 4 members (excludes halogenated alkanes) is 2. The zero-order valence-corrected chi connectivity index (χ0v) is 11.8. The van der Waals surface area contributed by atoms with Crippen molar-refractivity contribution in [3.63, 3.8) is 0 Å². The van der Waals surface area contributed by atoms with E-state index >= 15 is 0 Å². The van der Waals surface area contributed by atoms with Crippen molar-refractivity contribution >= 4 is 15.9 Å². The lowest BCUT2D eigenvalue weighted by molar-refractivity contribution is 0.449. The van der Waals surface area contributed by atoms with Gasteiger partial charge in [-0.05, 0) is 30.7 Å². The van der Waals surface area contributed by atoms with Crippen molar-refractivity contribution in [1.82, 2.24) is 9.78 Å². The molecule has 18 heavy (non-hydrogen) atoms. The van der Waals surface area contributed by atoms with Crippen LogP contribution in [0, 0.1) is 0 Å². The Morgan fingerprint density at radius 2 is 2.00 bits per heavy atom. The van der Waals surface area contributed by atoms with E-state index in [-0.39, 0.29) is 0 Å². The van der Waals surface area contributed by atoms with E-state index in [1.807, 2.05) is 24.3 Å². The van der Waals surface area contributed by atoms with Crippen LogP contribution in [0.2, 0.25) is 0 Å². The molecule has 0 aliphatic heterocycles. The third kappa shape index (κ3) is 3.10. The molecule has 0 radical (unpaired) electrons. The fourth-order valence-corrected chi connectivity index (χ4v) is 1.95. The lowest BCUT2D eigenvalue weighted by Gasteiger charge is -1.97. The van der Waals surface area contributed by atoms with Crippen molar-refractivity contribution in [2.24, 2.45) is 0 Å². The molecular formula is C13H15BrN2O2. The van der Waals surface area contributed by atoms with Crippen LogP contribution in [-0.4, -0.2) is 9.78 Å². The van der Waals surface area contributed by atoms with Gasteiger partial charge in [0.1, 0.15) is 0 Å². The molecule has 1 heterocycles. The average molecular weight is 311 g/mol. The standard InChI is InChI=1S/C13H15BrN2O2/c1-2-3-4-5-12-15-16(13(17)18-12)11-8-6-10(14)7-9-11/h6-9H,2-5H2,1H3. The van der Waals surface area contributed by atoms with Gasteiger partial charge in [0.25, 0.3) is 0 Å². The summed E-state index contributed by atoms with van der Waals surface area (Å²) in [5, 5.41) is 4.20. The molecule has 5 heteroatoms. The molecule has 2 aromatic rings. The van der Waals surface area contributed by atoms with Crippen LogP contribution in [0.4, 0.5) is 0 Å². The second-order valence-corrected chi connectivity index (χ2v) is 5.02. The smallest absolute Gasteiger partial charge is 0.392 e. The van der Waals surface area contributed by atoms with E-state index in [4.69, 9.17) is 4.42 Å². The molecule has 0 bridgehead atoms. The first-order valence-corrected chi connectivity index (χ1v) is 6.85. The van der Waals surface area contributed by atoms with Crippen molar-refractivity contribution < 1.29 is 4.42 Å². The molecule has 0 N–H and O–H groups in total. The maximum Gasteiger partial charge on any atom is 0.441 e. The third-order valence-corrected chi connectivity index (χ3v) is 3.18. The van der Waals surface area contributed by atoms with Crippen molar-refractivity contribution in [2.75, 3.05) is 0 Å². The highest BCUT2D eigenvalue weighted by atomic mass is 79.9. The quantitative estimate of drug-likeness (QED) is 0.796. The summed E-state index contributed by atoms with van der Waals surface area (Å²) in [6.07, 6.45) is 3.97. The van der Waals surface area contributed by atoms with Gasteiger partial charge in [0.05, 0.1) is 5.69 Å². The van der Waals surface area contributed by atoms with Crippen molar-refractivity contribution in [3.05, 3.63) is 45.2 Å². The molecule has 0 atom stereocenters. The molecule has 1 aromatic carbocycles. The van der Waals surface area contributed by atoms with E-state index in [2.05, 4.69) is 28.0 Å². The number of halogens is 1. The Hall–Kier alpha value is -1.36. The first kappa shape index (κ1) is 13.1. The number of nitrogens with zero attached hydrogens (tertiary/aromatic N) is 2. The van der Waals surface area contributed by atoms with Gasteiger partial charge in [-0.15, -0.1) is 5.10 Å². The second-order valence-electron chi connectivity index (χ2n) is 4.11. The summed E-state index contributed by atoms with van der Waals surface area (Å²) >= 11 is 3.35. The van der Waals surface area contributed by atoms with Gasteiger partial charge in [-0.25, -0.2) is 4.79 Å². The van der Waals surface area contributed by atoms with Gasteiger partial charge in [0.15, 0.2) is 0 Å². The molecule has 0 unspecified atom stereocenters. The van der Waals surface area contributed by atoms with Gasteiger partial charge in [0.2, 0.25) is 5.89 Å². The third-order valence-electron chi connectivity index (χ3n) is 2.65. The van der Waals surface area contributed by atoms with Crippen LogP contribution >= 0.6 is 15.9 Å². The molecule has 0 saturated heterocycles. The molecule has 0 spiro atoms. The lowest BCUT2D eigenvalue weighted by Crippen LogP contribution is -2.13. The molecule has 1 aromatic heterocycles. The molecule has 96 valence electrons. The Labute approximate surface area is 114 Å². The molecule has 0 aliphatic carbocycles. The highest BCUT2D eigenvalue weighted by Crippen LogP contribution is 2.12. The number of benzene rings is 1. The summed E-state index contributed by atoms with van der Waals surface area (Å²) in [7, 11) is 0. The highest BCUT2D eigenvalue weighted by Gasteiger charge is 2.09. The minimum absolute atomic E-state index is 0.427. The SMILES string of the molecule is CCCCCc1nn(-c2ccc(Br)cc2)c(=O)o1. The predicted octanol–water partition coefficient (Wildman–Crippen LogP) is 3.32. The highest BCUT2D eigenvalue weighted by molar-refractivity contribution is 9.10. The predicted molar refractivity (Wildman–Crippen MR) is 73.0 cm³/mol. The second kappa shape index (κ2) is 6.00. The zero-order valence-electron chi connectivity index (χ0n) is 10.2. The van der Waals surface area contributed by atoms with Gasteiger partial charge in [-0.2, -0.15) is 4.68 Å². The van der Waals surface area contributed by atoms with Crippen LogP contribution < -0.4 is 5.76 Å². The molecule has 0 aliphatic rings. The minimum atomic E-state index is -0.427. The van der Waals surface area contributed by atoms with E-state index in [0.717, 1.165) is 23.7 Å². The van der Waals surface area contributed by atoms with Crippen LogP contribution in [0.15, 0.2) is 37.9 Å². The summed E-state index contributed by atoms with van der Waals surface area (Å²) in [4.78, 5) is 11.7. The van der Waals surface area contributed by atoms with E-state index in [9.17, 15) is 4.79 Å². The summed E-state index contributed by atoms with van der Waals surface area (Å²) in [6, 6.07) is 7.38. The molecule has 2 rings (SSSR count). The van der Waals surface area contributed by atoms with Crippen molar-refractivity contribution in [1.29, 1.82) is 0 Å². The fraction of sp³-hybridized carbons (Fsp3) is 0.385. The maximum absolute atomic E-state index is 11.7. The number of aromatic nitrogens is 2. The van der Waals surface area contributed by atoms with Crippen molar-refractivity contribution in [2.45, 2.75) is 32.6 Å². The Morgan fingerprint density at radius 1 is 1.28 bits per heavy atom. The summed E-state index contributed by atoms with van der Waals surface area (Å²) in [5.41, 5.74) is 0.716. The lowest BCUT2D eigenvalue weighted by atomic mass is 10.2. The molecule has 0 saturated carbocycles. The van der Waals surface area contributed by atoms with Gasteiger partial charge >= 0.3 is 5.76 Å². The molecule has 0 amide bonds. The van der Waals surface area contributed by atoms with Gasteiger partial charge < -0.3 is 4.42 Å². The van der Waals surface area contributed by atoms with Crippen LogP contribution in [0.5, 0.6) is 0 Å². The summed E-state index contributed by atoms with van der Waals surface area (Å²) in [6.45, 7) is 2.14. The Bertz CT molecular complexity index is 557. The Balaban J connectivity index is 2.18. The zero-order chi connectivity index (χ0) is 13.0. The van der Waals surface area contributed by atoms with E-state index in [0.29, 0.717) is 18.0 Å². The topological polar surface area (TPSA) is 48.0 Å². The number of aryl methyl sites for hydroxylation is 1. The first-order chi connectivity index (χ1) is 8.70. The monoisotopic (exact) mass is 310 g/mol. The normalized spacial score (nSPS) is 10.8. The average Bonchev–Trinajstić information content (AvgIpc) is 2.72. The van der Waals surface area contributed by atoms with Crippen molar-refractivity contribution in [3.8, 4) is 5.69 Å². The van der Waals surface area contributed by atoms with Gasteiger partial charge in [-0.1, -0.05) is 35.7 Å². The number of hydrogen-bond donors (Lipinski definition) is 0. The Kier molecular flexibility index (Phi) is 4.36. The van der Waals surface area contributed by atoms with Crippen LogP contribution in [0.25, 0.3) is 5.69 Å². The summed E-state index contributed by atoms with van der Waals surface area (Å²) in [5.74, 6) is 0.0835. The fourth-order valence-electron chi connectivity index (χ4n) is 1.69. The minimum Gasteiger partial charge on any atom is -0.392 e. The molecule has 0 fully saturated rings. The van der Waals surface area contributed by atoms with Crippen LogP contribution in [-0.2, 0) is 6.42 Å². The largest absolute Gasteiger partial charge is 0.441 e. The maximum atomic E-state index is 11.7.